The number of sulfone groups is 2. The maximum Gasteiger partial charge on any atom is 0.318 e. The Balaban J connectivity index is 0.887. The Morgan fingerprint density at radius 1 is 0.675 bits per heavy atom. The van der Waals surface area contributed by atoms with Crippen molar-refractivity contribution in [2.24, 2.45) is 0 Å². The highest BCUT2D eigenvalue weighted by molar-refractivity contribution is 7.94. The maximum absolute atomic E-state index is 12.5. The summed E-state index contributed by atoms with van der Waals surface area (Å²) in [4.78, 5) is 33.2. The molecule has 16 nitrogen and oxygen atoms in total. The molecule has 6 aromatic rings. The van der Waals surface area contributed by atoms with Gasteiger partial charge in [-0.05, 0) is 106 Å². The number of fused-ring (bicyclic) bond motifs is 4. The number of aromatic nitrogens is 4. The molecular formula is C57H68Cl2N10O6S2. The number of rotatable bonds is 20. The number of benzene rings is 4. The average Bonchev–Trinajstić information content (AvgIpc) is 4.09. The van der Waals surface area contributed by atoms with Crippen molar-refractivity contribution in [1.82, 2.24) is 29.7 Å². The van der Waals surface area contributed by atoms with E-state index in [2.05, 4.69) is 95.4 Å². The first-order chi connectivity index (χ1) is 37.0. The second-order valence-electron chi connectivity index (χ2n) is 21.0. The predicted octanol–water partition coefficient (Wildman–Crippen LogP) is 8.72. The third kappa shape index (κ3) is 11.8. The molecule has 2 fully saturated rings. The van der Waals surface area contributed by atoms with Gasteiger partial charge in [0.25, 0.3) is 0 Å². The summed E-state index contributed by atoms with van der Waals surface area (Å²) in [6.07, 6.45) is 4.73. The number of likely N-dealkylation sites (tertiary alicyclic amines) is 2. The summed E-state index contributed by atoms with van der Waals surface area (Å²) in [5.74, 6) is 1.52. The molecule has 6 heterocycles. The fourth-order valence-electron chi connectivity index (χ4n) is 11.7. The van der Waals surface area contributed by atoms with Crippen LogP contribution in [-0.4, -0.2) is 151 Å². The maximum atomic E-state index is 12.5. The first-order valence-electron chi connectivity index (χ1n) is 26.5. The van der Waals surface area contributed by atoms with Crippen molar-refractivity contribution in [2.45, 2.75) is 69.6 Å². The zero-order valence-corrected chi connectivity index (χ0v) is 47.5. The van der Waals surface area contributed by atoms with Gasteiger partial charge in [-0.25, -0.2) is 16.8 Å². The van der Waals surface area contributed by atoms with Gasteiger partial charge in [0.2, 0.25) is 0 Å². The molecule has 10 rings (SSSR count). The highest BCUT2D eigenvalue weighted by Crippen LogP contribution is 2.43. The summed E-state index contributed by atoms with van der Waals surface area (Å²) in [6.45, 7) is 12.8. The number of ether oxygens (including phenoxy) is 2. The highest BCUT2D eigenvalue weighted by atomic mass is 35.5. The van der Waals surface area contributed by atoms with Crippen LogP contribution in [-0.2, 0) is 45.6 Å². The van der Waals surface area contributed by atoms with E-state index in [-0.39, 0.29) is 48.1 Å². The van der Waals surface area contributed by atoms with E-state index < -0.39 is 19.7 Å². The van der Waals surface area contributed by atoms with Crippen molar-refractivity contribution in [1.29, 1.82) is 0 Å². The van der Waals surface area contributed by atoms with Crippen molar-refractivity contribution >= 4 is 87.4 Å². The van der Waals surface area contributed by atoms with Gasteiger partial charge in [0.15, 0.2) is 19.7 Å². The average molecular weight is 1120 g/mol. The van der Waals surface area contributed by atoms with Gasteiger partial charge >= 0.3 is 12.0 Å². The molecule has 0 N–H and O–H groups in total. The quantitative estimate of drug-likeness (QED) is 0.0714. The van der Waals surface area contributed by atoms with E-state index in [9.17, 15) is 16.8 Å². The van der Waals surface area contributed by atoms with Gasteiger partial charge in [0.05, 0.1) is 46.0 Å². The van der Waals surface area contributed by atoms with Crippen molar-refractivity contribution in [3.8, 4) is 12.0 Å². The van der Waals surface area contributed by atoms with Crippen LogP contribution >= 0.6 is 23.2 Å². The highest BCUT2D eigenvalue weighted by Gasteiger charge is 2.35. The van der Waals surface area contributed by atoms with Crippen molar-refractivity contribution in [3.05, 3.63) is 129 Å². The largest absolute Gasteiger partial charge is 0.462 e. The van der Waals surface area contributed by atoms with Crippen LogP contribution in [0.3, 0.4) is 0 Å². The molecule has 4 aromatic carbocycles. The molecular weight excluding hydrogens is 1060 g/mol. The summed E-state index contributed by atoms with van der Waals surface area (Å²) >= 11 is 14.0. The minimum atomic E-state index is -3.42. The molecule has 0 bridgehead atoms. The van der Waals surface area contributed by atoms with E-state index >= 15 is 0 Å². The first-order valence-corrected chi connectivity index (χ1v) is 30.6. The fourth-order valence-corrected chi connectivity index (χ4v) is 13.6. The van der Waals surface area contributed by atoms with Crippen LogP contribution in [0.4, 0.5) is 23.0 Å². The second kappa shape index (κ2) is 22.9. The van der Waals surface area contributed by atoms with Gasteiger partial charge in [-0.15, -0.1) is 0 Å². The molecule has 3 atom stereocenters. The monoisotopic (exact) mass is 1120 g/mol. The smallest absolute Gasteiger partial charge is 0.318 e. The molecule has 0 saturated carbocycles. The Bertz CT molecular complexity index is 3440. The fraction of sp³-hybridized carbons (Fsp3) is 0.439. The van der Waals surface area contributed by atoms with Gasteiger partial charge in [-0.2, -0.15) is 19.9 Å². The Morgan fingerprint density at radius 3 is 1.87 bits per heavy atom. The zero-order valence-electron chi connectivity index (χ0n) is 44.4. The van der Waals surface area contributed by atoms with Crippen LogP contribution in [0, 0.1) is 0 Å². The Labute approximate surface area is 463 Å². The van der Waals surface area contributed by atoms with Crippen molar-refractivity contribution < 1.29 is 26.3 Å². The Morgan fingerprint density at radius 2 is 1.25 bits per heavy atom. The summed E-state index contributed by atoms with van der Waals surface area (Å²) in [5, 5.41) is 7.55. The SMILES string of the molecule is C=CS(=O)(=O)CCCN(C)c1nc(OC[C@@H]2CC(c3ccc(Cl)c4c(N5CCc6c(nc(OC[C@@H]7CCCN7C)nc6N(C)CCS(=O)(=O)C=C)C5)cccc34)CN2C)nc2c1CCN(c1cccc3cccc(Cl)c13)C2. The van der Waals surface area contributed by atoms with Gasteiger partial charge < -0.3 is 34.0 Å². The molecule has 77 heavy (non-hydrogen) atoms. The van der Waals surface area contributed by atoms with Gasteiger partial charge in [0.1, 0.15) is 24.8 Å². The number of hydrogen-bond acceptors (Lipinski definition) is 16. The van der Waals surface area contributed by atoms with Crippen LogP contribution < -0.4 is 29.1 Å². The van der Waals surface area contributed by atoms with E-state index in [0.29, 0.717) is 74.5 Å². The van der Waals surface area contributed by atoms with Crippen LogP contribution in [0.1, 0.15) is 59.7 Å². The van der Waals surface area contributed by atoms with Gasteiger partial charge in [0, 0.05) is 103 Å². The van der Waals surface area contributed by atoms with E-state index in [0.717, 1.165) is 111 Å². The van der Waals surface area contributed by atoms with Crippen LogP contribution in [0.2, 0.25) is 10.0 Å². The third-order valence-corrected chi connectivity index (χ3v) is 19.3. The first kappa shape index (κ1) is 54.6. The summed E-state index contributed by atoms with van der Waals surface area (Å²) in [6, 6.07) is 23.7. The third-order valence-electron chi connectivity index (χ3n) is 16.0. The standard InChI is InChI=1S/C57H68Cl2N10O6S2/c1-7-76(70,71)30-13-26-65(4)54-44-23-27-68(50-19-10-15-38-14-9-18-46(58)52(38)50)34-48(44)61-57(62-54)75-37-41-32-39(33-67(41)6)42-21-22-47(59)53-43(42)17-11-20-51(53)69-28-24-45-49(35-69)60-56(74-36-40-16-12-25-64(40)3)63-55(45)66(5)29-31-77(72,73)8-2/h7-11,14-15,17-22,39-41H,1-2,12-13,16,23-37H2,3-6H3/t39?,40-,41-/m0/s1. The molecule has 2 saturated heterocycles. The molecule has 2 aromatic heterocycles. The lowest BCUT2D eigenvalue weighted by atomic mass is 9.90. The number of anilines is 4. The molecule has 1 unspecified atom stereocenters. The zero-order chi connectivity index (χ0) is 54.2. The van der Waals surface area contributed by atoms with Crippen LogP contribution in [0.25, 0.3) is 21.5 Å². The predicted molar refractivity (Wildman–Crippen MR) is 311 cm³/mol. The van der Waals surface area contributed by atoms with E-state index in [1.807, 2.05) is 42.1 Å². The lowest BCUT2D eigenvalue weighted by Gasteiger charge is -2.33. The molecule has 4 aliphatic heterocycles. The van der Waals surface area contributed by atoms with E-state index in [1.54, 1.807) is 0 Å². The number of nitrogens with zero attached hydrogens (tertiary/aromatic N) is 10. The van der Waals surface area contributed by atoms with E-state index in [1.165, 1.54) is 5.56 Å². The minimum absolute atomic E-state index is 0.00149. The molecule has 0 spiro atoms. The number of hydrogen-bond donors (Lipinski definition) is 0. The number of halogens is 2. The Kier molecular flexibility index (Phi) is 16.2. The van der Waals surface area contributed by atoms with E-state index in [4.69, 9.17) is 52.6 Å². The van der Waals surface area contributed by atoms with Gasteiger partial charge in [-0.3, -0.25) is 4.90 Å². The van der Waals surface area contributed by atoms with Gasteiger partial charge in [-0.1, -0.05) is 78.8 Å². The topological polar surface area (TPSA) is 158 Å². The summed E-state index contributed by atoms with van der Waals surface area (Å²) in [5.41, 5.74) is 6.98. The summed E-state index contributed by atoms with van der Waals surface area (Å²) in [7, 11) is 1.28. The molecule has 0 radical (unpaired) electrons. The molecule has 0 aliphatic carbocycles. The molecule has 4 aliphatic rings. The normalized spacial score (nSPS) is 19.1. The number of likely N-dealkylation sites (N-methyl/N-ethyl adjacent to an activating group) is 2. The molecule has 20 heteroatoms. The molecule has 0 amide bonds. The van der Waals surface area contributed by atoms with Crippen LogP contribution in [0.15, 0.2) is 90.7 Å². The molecule has 408 valence electrons. The lowest BCUT2D eigenvalue weighted by molar-refractivity contribution is 0.187. The van der Waals surface area contributed by atoms with Crippen LogP contribution in [0.5, 0.6) is 12.0 Å². The Hall–Kier alpha value is -5.76. The van der Waals surface area contributed by atoms with Crippen molar-refractivity contribution in [2.75, 3.05) is 112 Å². The minimum Gasteiger partial charge on any atom is -0.462 e. The second-order valence-corrected chi connectivity index (χ2v) is 25.9. The van der Waals surface area contributed by atoms with Crippen molar-refractivity contribution in [3.63, 3.8) is 0 Å². The summed E-state index contributed by atoms with van der Waals surface area (Å²) < 4.78 is 62.6. The lowest BCUT2D eigenvalue weighted by Crippen LogP contribution is -2.35.